The SMILES string of the molecule is [CH2]CCCCc1cccc2c(Cl)cccc12. The smallest absolute Gasteiger partial charge is 0.0484 e. The Morgan fingerprint density at radius 3 is 2.50 bits per heavy atom. The van der Waals surface area contributed by atoms with Gasteiger partial charge in [0.15, 0.2) is 0 Å². The Bertz CT molecular complexity index is 474. The number of hydrogen-bond acceptors (Lipinski definition) is 0. The topological polar surface area (TPSA) is 0 Å². The van der Waals surface area contributed by atoms with Crippen LogP contribution in [0.1, 0.15) is 24.8 Å². The highest BCUT2D eigenvalue weighted by Crippen LogP contribution is 2.26. The molecule has 0 saturated carbocycles. The van der Waals surface area contributed by atoms with Gasteiger partial charge in [-0.05, 0) is 29.9 Å². The number of halogens is 1. The molecule has 0 spiro atoms. The predicted octanol–water partition coefficient (Wildman–Crippen LogP) is 5.04. The fourth-order valence-electron chi connectivity index (χ4n) is 2.05. The second-order valence-corrected chi connectivity index (χ2v) is 4.47. The van der Waals surface area contributed by atoms with Gasteiger partial charge in [-0.1, -0.05) is 61.7 Å². The zero-order chi connectivity index (χ0) is 11.4. The maximum absolute atomic E-state index is 6.18. The van der Waals surface area contributed by atoms with Crippen molar-refractivity contribution < 1.29 is 0 Å². The van der Waals surface area contributed by atoms with Crippen molar-refractivity contribution >= 4 is 22.4 Å². The van der Waals surface area contributed by atoms with Gasteiger partial charge < -0.3 is 0 Å². The van der Waals surface area contributed by atoms with Crippen molar-refractivity contribution in [1.29, 1.82) is 0 Å². The van der Waals surface area contributed by atoms with Crippen molar-refractivity contribution in [3.63, 3.8) is 0 Å². The molecule has 0 heterocycles. The molecule has 0 saturated heterocycles. The summed E-state index contributed by atoms with van der Waals surface area (Å²) < 4.78 is 0. The van der Waals surface area contributed by atoms with E-state index < -0.39 is 0 Å². The van der Waals surface area contributed by atoms with Crippen molar-refractivity contribution in [2.24, 2.45) is 0 Å². The van der Waals surface area contributed by atoms with Crippen LogP contribution in [0.3, 0.4) is 0 Å². The van der Waals surface area contributed by atoms with Crippen LogP contribution in [0.4, 0.5) is 0 Å². The average molecular weight is 232 g/mol. The van der Waals surface area contributed by atoms with Crippen molar-refractivity contribution in [1.82, 2.24) is 0 Å². The fourth-order valence-corrected chi connectivity index (χ4v) is 2.28. The Labute approximate surface area is 102 Å². The van der Waals surface area contributed by atoms with Crippen molar-refractivity contribution in [3.05, 3.63) is 53.9 Å². The molecule has 0 aliphatic carbocycles. The molecule has 83 valence electrons. The Balaban J connectivity index is 2.34. The number of rotatable bonds is 4. The number of unbranched alkanes of at least 4 members (excludes halogenated alkanes) is 2. The number of benzene rings is 2. The van der Waals surface area contributed by atoms with Gasteiger partial charge in [0.1, 0.15) is 0 Å². The lowest BCUT2D eigenvalue weighted by Gasteiger charge is -2.07. The van der Waals surface area contributed by atoms with E-state index in [2.05, 4.69) is 31.2 Å². The molecule has 0 amide bonds. The van der Waals surface area contributed by atoms with Gasteiger partial charge in [-0.15, -0.1) is 0 Å². The van der Waals surface area contributed by atoms with Crippen LogP contribution in [0.15, 0.2) is 36.4 Å². The second kappa shape index (κ2) is 5.36. The first-order chi connectivity index (χ1) is 7.83. The Morgan fingerprint density at radius 1 is 0.938 bits per heavy atom. The van der Waals surface area contributed by atoms with Crippen LogP contribution in [-0.4, -0.2) is 0 Å². The molecule has 0 N–H and O–H groups in total. The summed E-state index contributed by atoms with van der Waals surface area (Å²) in [6.45, 7) is 3.87. The van der Waals surface area contributed by atoms with E-state index in [0.717, 1.165) is 23.3 Å². The van der Waals surface area contributed by atoms with Gasteiger partial charge in [0.05, 0.1) is 0 Å². The highest BCUT2D eigenvalue weighted by molar-refractivity contribution is 6.35. The van der Waals surface area contributed by atoms with Crippen molar-refractivity contribution in [3.8, 4) is 0 Å². The van der Waals surface area contributed by atoms with Gasteiger partial charge in [-0.2, -0.15) is 0 Å². The molecule has 0 nitrogen and oxygen atoms in total. The zero-order valence-electron chi connectivity index (χ0n) is 9.38. The standard InChI is InChI=1S/C15H16Cl/c1-2-3-4-7-12-8-5-10-14-13(12)9-6-11-15(14)16/h5-6,8-11H,1-4,7H2. The molecule has 0 atom stereocenters. The first-order valence-electron chi connectivity index (χ1n) is 5.78. The van der Waals surface area contributed by atoms with Crippen LogP contribution in [0.25, 0.3) is 10.8 Å². The summed E-state index contributed by atoms with van der Waals surface area (Å²) in [6.07, 6.45) is 4.53. The van der Waals surface area contributed by atoms with E-state index >= 15 is 0 Å². The second-order valence-electron chi connectivity index (χ2n) is 4.06. The monoisotopic (exact) mass is 231 g/mol. The molecular formula is C15H16Cl. The molecule has 0 aliphatic rings. The van der Waals surface area contributed by atoms with E-state index in [0.29, 0.717) is 0 Å². The molecule has 0 unspecified atom stereocenters. The summed E-state index contributed by atoms with van der Waals surface area (Å²) in [5.74, 6) is 0. The highest BCUT2D eigenvalue weighted by atomic mass is 35.5. The Kier molecular flexibility index (Phi) is 3.84. The van der Waals surface area contributed by atoms with Crippen LogP contribution in [0.2, 0.25) is 5.02 Å². The molecule has 0 aliphatic heterocycles. The lowest BCUT2D eigenvalue weighted by Crippen LogP contribution is -1.88. The van der Waals surface area contributed by atoms with Gasteiger partial charge in [0.25, 0.3) is 0 Å². The molecule has 2 aromatic carbocycles. The quantitative estimate of drug-likeness (QED) is 0.647. The lowest BCUT2D eigenvalue weighted by atomic mass is 10.00. The summed E-state index contributed by atoms with van der Waals surface area (Å²) >= 11 is 6.18. The zero-order valence-corrected chi connectivity index (χ0v) is 10.1. The molecule has 2 aromatic rings. The van der Waals surface area contributed by atoms with Crippen LogP contribution in [0, 0.1) is 6.92 Å². The van der Waals surface area contributed by atoms with E-state index in [1.54, 1.807) is 0 Å². The van der Waals surface area contributed by atoms with Gasteiger partial charge in [0, 0.05) is 10.4 Å². The molecule has 0 fully saturated rings. The van der Waals surface area contributed by atoms with E-state index in [9.17, 15) is 0 Å². The van der Waals surface area contributed by atoms with Gasteiger partial charge in [0.2, 0.25) is 0 Å². The van der Waals surface area contributed by atoms with Crippen molar-refractivity contribution in [2.75, 3.05) is 0 Å². The van der Waals surface area contributed by atoms with E-state index in [1.165, 1.54) is 23.8 Å². The normalized spacial score (nSPS) is 10.9. The Hall–Kier alpha value is -1.01. The van der Waals surface area contributed by atoms with Gasteiger partial charge >= 0.3 is 0 Å². The minimum absolute atomic E-state index is 0.844. The van der Waals surface area contributed by atoms with Crippen LogP contribution < -0.4 is 0 Å². The molecule has 2 rings (SSSR count). The third kappa shape index (κ3) is 2.38. The summed E-state index contributed by atoms with van der Waals surface area (Å²) in [7, 11) is 0. The lowest BCUT2D eigenvalue weighted by molar-refractivity contribution is 0.749. The maximum atomic E-state index is 6.18. The Morgan fingerprint density at radius 2 is 1.69 bits per heavy atom. The van der Waals surface area contributed by atoms with Gasteiger partial charge in [-0.3, -0.25) is 0 Å². The van der Waals surface area contributed by atoms with Crippen LogP contribution in [-0.2, 0) is 6.42 Å². The molecule has 16 heavy (non-hydrogen) atoms. The van der Waals surface area contributed by atoms with Crippen LogP contribution >= 0.6 is 11.6 Å². The summed E-state index contributed by atoms with van der Waals surface area (Å²) in [5.41, 5.74) is 1.40. The van der Waals surface area contributed by atoms with E-state index in [1.807, 2.05) is 12.1 Å². The summed E-state index contributed by atoms with van der Waals surface area (Å²) in [5, 5.41) is 3.30. The summed E-state index contributed by atoms with van der Waals surface area (Å²) in [6, 6.07) is 12.5. The average Bonchev–Trinajstić information content (AvgIpc) is 2.31. The van der Waals surface area contributed by atoms with Crippen molar-refractivity contribution in [2.45, 2.75) is 25.7 Å². The molecule has 1 heteroatoms. The fraction of sp³-hybridized carbons (Fsp3) is 0.267. The number of fused-ring (bicyclic) bond motifs is 1. The molecular weight excluding hydrogens is 216 g/mol. The van der Waals surface area contributed by atoms with E-state index in [4.69, 9.17) is 11.6 Å². The third-order valence-electron chi connectivity index (χ3n) is 2.91. The maximum Gasteiger partial charge on any atom is 0.0484 e. The highest BCUT2D eigenvalue weighted by Gasteiger charge is 2.02. The third-order valence-corrected chi connectivity index (χ3v) is 3.23. The minimum Gasteiger partial charge on any atom is -0.0837 e. The first-order valence-corrected chi connectivity index (χ1v) is 6.16. The number of aryl methyl sites for hydroxylation is 1. The molecule has 1 radical (unpaired) electrons. The molecule has 0 bridgehead atoms. The first kappa shape index (κ1) is 11.5. The van der Waals surface area contributed by atoms with Gasteiger partial charge in [-0.25, -0.2) is 0 Å². The number of hydrogen-bond donors (Lipinski definition) is 0. The minimum atomic E-state index is 0.844. The van der Waals surface area contributed by atoms with E-state index in [-0.39, 0.29) is 0 Å². The predicted molar refractivity (Wildman–Crippen MR) is 71.9 cm³/mol. The largest absolute Gasteiger partial charge is 0.0837 e. The molecule has 0 aromatic heterocycles. The summed E-state index contributed by atoms with van der Waals surface area (Å²) in [4.78, 5) is 0. The van der Waals surface area contributed by atoms with Crippen LogP contribution in [0.5, 0.6) is 0 Å².